The van der Waals surface area contributed by atoms with E-state index in [9.17, 15) is 22.8 Å². The van der Waals surface area contributed by atoms with Gasteiger partial charge in [-0.2, -0.15) is 13.2 Å². The molecule has 0 saturated heterocycles. The number of ether oxygens (including phenoxy) is 4. The average Bonchev–Trinajstić information content (AvgIpc) is 3.79. The van der Waals surface area contributed by atoms with Crippen LogP contribution in [0.15, 0.2) is 109 Å². The first-order chi connectivity index (χ1) is 23.7. The second kappa shape index (κ2) is 14.4. The van der Waals surface area contributed by atoms with Crippen LogP contribution in [0.3, 0.4) is 0 Å². The molecule has 7 rings (SSSR count). The second-order valence-corrected chi connectivity index (χ2v) is 11.1. The maximum absolute atomic E-state index is 13.1. The van der Waals surface area contributed by atoms with Crippen LogP contribution in [-0.4, -0.2) is 25.4 Å². The van der Waals surface area contributed by atoms with Crippen molar-refractivity contribution in [1.29, 1.82) is 0 Å². The molecule has 0 unspecified atom stereocenters. The van der Waals surface area contributed by atoms with Gasteiger partial charge in [0.1, 0.15) is 0 Å². The second-order valence-electron chi connectivity index (χ2n) is 11.1. The van der Waals surface area contributed by atoms with Crippen molar-refractivity contribution in [2.75, 3.05) is 13.6 Å². The molecule has 49 heavy (non-hydrogen) atoms. The Morgan fingerprint density at radius 2 is 1.18 bits per heavy atom. The van der Waals surface area contributed by atoms with Crippen molar-refractivity contribution in [1.82, 2.24) is 10.6 Å². The Morgan fingerprint density at radius 3 is 1.80 bits per heavy atom. The summed E-state index contributed by atoms with van der Waals surface area (Å²) in [6.07, 6.45) is -4.59. The minimum atomic E-state index is -4.59. The first kappa shape index (κ1) is 33.0. The van der Waals surface area contributed by atoms with Crippen molar-refractivity contribution in [3.8, 4) is 34.1 Å². The number of amides is 2. The quantitative estimate of drug-likeness (QED) is 0.185. The van der Waals surface area contributed by atoms with Crippen LogP contribution in [0.25, 0.3) is 11.1 Å². The van der Waals surface area contributed by atoms with Crippen LogP contribution in [0.2, 0.25) is 0 Å². The molecule has 2 aliphatic heterocycles. The third-order valence-corrected chi connectivity index (χ3v) is 7.84. The van der Waals surface area contributed by atoms with Crippen molar-refractivity contribution in [2.24, 2.45) is 0 Å². The molecule has 8 nitrogen and oxygen atoms in total. The van der Waals surface area contributed by atoms with Gasteiger partial charge in [0.05, 0.1) is 11.1 Å². The number of fused-ring (bicyclic) bond motifs is 2. The zero-order valence-electron chi connectivity index (χ0n) is 26.3. The van der Waals surface area contributed by atoms with Crippen LogP contribution >= 0.6 is 0 Å². The molecule has 0 radical (unpaired) electrons. The zero-order chi connectivity index (χ0) is 34.4. The number of carbonyl (C=O) groups is 2. The number of halogens is 3. The van der Waals surface area contributed by atoms with E-state index in [1.54, 1.807) is 18.2 Å². The number of benzene rings is 5. The van der Waals surface area contributed by atoms with Gasteiger partial charge in [-0.25, -0.2) is 0 Å². The topological polar surface area (TPSA) is 95.1 Å². The number of alkyl halides is 3. The van der Waals surface area contributed by atoms with E-state index >= 15 is 0 Å². The van der Waals surface area contributed by atoms with Gasteiger partial charge in [0, 0.05) is 18.7 Å². The van der Waals surface area contributed by atoms with Gasteiger partial charge in [0.25, 0.3) is 11.8 Å². The van der Waals surface area contributed by atoms with E-state index in [-0.39, 0.29) is 37.2 Å². The summed E-state index contributed by atoms with van der Waals surface area (Å²) < 4.78 is 60.4. The van der Waals surface area contributed by atoms with E-state index in [1.807, 2.05) is 72.8 Å². The third kappa shape index (κ3) is 7.78. The van der Waals surface area contributed by atoms with Crippen molar-refractivity contribution < 1.29 is 41.7 Å². The van der Waals surface area contributed by atoms with Crippen molar-refractivity contribution in [2.45, 2.75) is 26.2 Å². The number of carbonyl (C=O) groups excluding carboxylic acids is 2. The summed E-state index contributed by atoms with van der Waals surface area (Å²) in [5.41, 5.74) is 3.26. The van der Waals surface area contributed by atoms with Crippen LogP contribution in [0.1, 0.15) is 43.0 Å². The first-order valence-corrected chi connectivity index (χ1v) is 15.3. The maximum Gasteiger partial charge on any atom is 0.417 e. The molecule has 0 aliphatic carbocycles. The first-order valence-electron chi connectivity index (χ1n) is 15.3. The SMILES string of the molecule is Cc1cccc(C(F)(F)F)c1C(=O)NCc1ccc2c(c1)OCO2.O=C(NCc1ccc2c(c1)OCO2)c1ccccc1-c1ccccc1. The normalized spacial score (nSPS) is 12.5. The zero-order valence-corrected chi connectivity index (χ0v) is 26.3. The standard InChI is InChI=1S/C21H17NO3.C17H14F3NO3/c23-21(22-13-15-10-11-19-20(12-15)25-14-24-19)18-9-5-4-8-17(18)16-6-2-1-3-7-16;1-10-3-2-4-12(17(18,19)20)15(10)16(22)21-8-11-5-6-13-14(7-11)24-9-23-13/h1-12H,13-14H2,(H,22,23);2-7H,8-9H2,1H3,(H,21,22). The molecule has 0 fully saturated rings. The highest BCUT2D eigenvalue weighted by Crippen LogP contribution is 2.35. The average molecular weight is 669 g/mol. The highest BCUT2D eigenvalue weighted by molar-refractivity contribution is 6.01. The monoisotopic (exact) mass is 668 g/mol. The fourth-order valence-corrected chi connectivity index (χ4v) is 5.41. The van der Waals surface area contributed by atoms with E-state index in [2.05, 4.69) is 10.6 Å². The fourth-order valence-electron chi connectivity index (χ4n) is 5.41. The molecular weight excluding hydrogens is 637 g/mol. The Balaban J connectivity index is 0.000000170. The summed E-state index contributed by atoms with van der Waals surface area (Å²) in [7, 11) is 0. The van der Waals surface area contributed by atoms with E-state index in [0.29, 0.717) is 29.2 Å². The lowest BCUT2D eigenvalue weighted by Gasteiger charge is -2.15. The number of rotatable bonds is 7. The molecule has 0 spiro atoms. The fraction of sp³-hybridized carbons (Fsp3) is 0.158. The Hall–Kier alpha value is -5.97. The Morgan fingerprint density at radius 1 is 0.633 bits per heavy atom. The van der Waals surface area contributed by atoms with Crippen molar-refractivity contribution in [3.63, 3.8) is 0 Å². The minimum Gasteiger partial charge on any atom is -0.454 e. The smallest absolute Gasteiger partial charge is 0.417 e. The lowest BCUT2D eigenvalue weighted by Crippen LogP contribution is -2.26. The number of nitrogens with one attached hydrogen (secondary N) is 2. The molecule has 250 valence electrons. The predicted octanol–water partition coefficient (Wildman–Crippen LogP) is 7.68. The van der Waals surface area contributed by atoms with Crippen molar-refractivity contribution in [3.05, 3.63) is 143 Å². The van der Waals surface area contributed by atoms with Crippen LogP contribution in [-0.2, 0) is 19.3 Å². The van der Waals surface area contributed by atoms with E-state index in [4.69, 9.17) is 18.9 Å². The highest BCUT2D eigenvalue weighted by Gasteiger charge is 2.35. The largest absolute Gasteiger partial charge is 0.454 e. The molecule has 0 atom stereocenters. The molecule has 2 aliphatic rings. The lowest BCUT2D eigenvalue weighted by molar-refractivity contribution is -0.138. The Bertz CT molecular complexity index is 1980. The molecule has 2 N–H and O–H groups in total. The summed E-state index contributed by atoms with van der Waals surface area (Å²) in [4.78, 5) is 25.0. The molecule has 0 saturated carbocycles. The van der Waals surface area contributed by atoms with Crippen LogP contribution in [0.4, 0.5) is 13.2 Å². The van der Waals surface area contributed by atoms with Gasteiger partial charge in [0.15, 0.2) is 23.0 Å². The van der Waals surface area contributed by atoms with Crippen molar-refractivity contribution >= 4 is 11.8 Å². The molecule has 2 amide bonds. The van der Waals surface area contributed by atoms with Gasteiger partial charge >= 0.3 is 6.18 Å². The minimum absolute atomic E-state index is 0.0844. The van der Waals surface area contributed by atoms with Gasteiger partial charge in [-0.15, -0.1) is 0 Å². The van der Waals surface area contributed by atoms with E-state index < -0.39 is 17.6 Å². The van der Waals surface area contributed by atoms with Gasteiger partial charge < -0.3 is 29.6 Å². The number of hydrogen-bond donors (Lipinski definition) is 2. The summed E-state index contributed by atoms with van der Waals surface area (Å²) in [6, 6.07) is 32.0. The molecule has 0 aromatic heterocycles. The van der Waals surface area contributed by atoms with E-state index in [0.717, 1.165) is 34.3 Å². The van der Waals surface area contributed by atoms with Crippen LogP contribution < -0.4 is 29.6 Å². The molecule has 0 bridgehead atoms. The molecule has 5 aromatic carbocycles. The van der Waals surface area contributed by atoms with Crippen LogP contribution in [0.5, 0.6) is 23.0 Å². The van der Waals surface area contributed by atoms with Crippen LogP contribution in [0, 0.1) is 6.92 Å². The van der Waals surface area contributed by atoms with Gasteiger partial charge in [0.2, 0.25) is 13.6 Å². The maximum atomic E-state index is 13.1. The highest BCUT2D eigenvalue weighted by atomic mass is 19.4. The number of aryl methyl sites for hydroxylation is 1. The molecule has 2 heterocycles. The third-order valence-electron chi connectivity index (χ3n) is 7.84. The Kier molecular flexibility index (Phi) is 9.70. The van der Waals surface area contributed by atoms with Gasteiger partial charge in [-0.05, 0) is 71.1 Å². The summed E-state index contributed by atoms with van der Waals surface area (Å²) >= 11 is 0. The predicted molar refractivity (Wildman–Crippen MR) is 176 cm³/mol. The molecular formula is C38H31F3N2O6. The molecule has 5 aromatic rings. The lowest BCUT2D eigenvalue weighted by atomic mass is 9.99. The summed E-state index contributed by atoms with van der Waals surface area (Å²) in [5.74, 6) is 1.74. The summed E-state index contributed by atoms with van der Waals surface area (Å²) in [6.45, 7) is 2.36. The number of hydrogen-bond acceptors (Lipinski definition) is 6. The van der Waals surface area contributed by atoms with E-state index in [1.165, 1.54) is 19.1 Å². The van der Waals surface area contributed by atoms with Gasteiger partial charge in [-0.3, -0.25) is 9.59 Å². The van der Waals surface area contributed by atoms with Gasteiger partial charge in [-0.1, -0.05) is 72.8 Å². The summed E-state index contributed by atoms with van der Waals surface area (Å²) in [5, 5.41) is 5.51. The Labute approximate surface area is 280 Å². The molecule has 11 heteroatoms.